The molecule has 1 aromatic rings. The third-order valence-electron chi connectivity index (χ3n) is 6.03. The number of Topliss-reactive ketones (excluding diaryl/α,β-unsaturated/α-hetero) is 1. The number of nitrogens with two attached hydrogens (primary N) is 1. The van der Waals surface area contributed by atoms with E-state index in [1.165, 1.54) is 5.38 Å². The van der Waals surface area contributed by atoms with Crippen molar-refractivity contribution in [2.45, 2.75) is 36.5 Å². The average molecular weight is 559 g/mol. The second-order valence-electron chi connectivity index (χ2n) is 8.30. The van der Waals surface area contributed by atoms with Gasteiger partial charge in [-0.2, -0.15) is 0 Å². The Hall–Kier alpha value is -3.93. The fourth-order valence-electron chi connectivity index (χ4n) is 4.42. The number of nitrogens with zero attached hydrogens (tertiary/aromatic N) is 3. The molecule has 1 amide bonds. The first-order valence-corrected chi connectivity index (χ1v) is 12.7. The van der Waals surface area contributed by atoms with Gasteiger partial charge in [-0.1, -0.05) is 5.16 Å². The average Bonchev–Trinajstić information content (AvgIpc) is 3.37. The molecule has 16 nitrogen and oxygen atoms in total. The van der Waals surface area contributed by atoms with Gasteiger partial charge in [-0.3, -0.25) is 28.3 Å². The molecule has 18 heteroatoms. The van der Waals surface area contributed by atoms with Gasteiger partial charge in [0.1, 0.15) is 11.1 Å². The molecule has 0 aromatic carbocycles. The Morgan fingerprint density at radius 1 is 1.32 bits per heavy atom. The van der Waals surface area contributed by atoms with Gasteiger partial charge in [0.2, 0.25) is 12.0 Å². The number of carbonyl (C=O) groups is 6. The molecule has 4 rings (SSSR count). The smallest absolute Gasteiger partial charge is 0.370 e. The zero-order valence-corrected chi connectivity index (χ0v) is 20.1. The molecule has 0 spiro atoms. The number of hydrogen-bond donors (Lipinski definition) is 4. The van der Waals surface area contributed by atoms with E-state index in [-0.39, 0.29) is 23.0 Å². The maximum atomic E-state index is 13.2. The van der Waals surface area contributed by atoms with Crippen LogP contribution in [0.2, 0.25) is 0 Å². The van der Waals surface area contributed by atoms with Gasteiger partial charge >= 0.3 is 23.9 Å². The quantitative estimate of drug-likeness (QED) is 0.107. The predicted octanol–water partition coefficient (Wildman–Crippen LogP) is -1.78. The summed E-state index contributed by atoms with van der Waals surface area (Å²) in [7, 11) is -1.83. The number of carboxylic acid groups (broad SMARTS) is 3. The molecule has 3 saturated heterocycles. The summed E-state index contributed by atoms with van der Waals surface area (Å²) in [6, 6.07) is 0. The highest BCUT2D eigenvalue weighted by molar-refractivity contribution is 7.85. The van der Waals surface area contributed by atoms with Gasteiger partial charge < -0.3 is 30.6 Å². The molecule has 3 aliphatic rings. The molecular formula is C19H18N4O12S2. The number of carboxylic acids is 3. The molecule has 0 saturated carbocycles. The topological polar surface area (TPSA) is 253 Å². The zero-order chi connectivity index (χ0) is 27.2. The number of oxime groups is 1. The largest absolute Gasteiger partial charge is 0.481 e. The lowest BCUT2D eigenvalue weighted by Crippen LogP contribution is -2.78. The second kappa shape index (κ2) is 9.51. The van der Waals surface area contributed by atoms with Crippen LogP contribution in [0, 0.1) is 11.8 Å². The van der Waals surface area contributed by atoms with E-state index in [9.17, 15) is 38.1 Å². The Kier molecular flexibility index (Phi) is 6.72. The number of ketones is 1. The van der Waals surface area contributed by atoms with E-state index in [1.54, 1.807) is 0 Å². The lowest BCUT2D eigenvalue weighted by Gasteiger charge is -2.56. The van der Waals surface area contributed by atoms with Gasteiger partial charge in [-0.05, 0) is 0 Å². The van der Waals surface area contributed by atoms with Crippen molar-refractivity contribution in [2.75, 3.05) is 11.5 Å². The first-order chi connectivity index (χ1) is 17.4. The number of rotatable bonds is 10. The molecule has 6 atom stereocenters. The maximum Gasteiger partial charge on any atom is 0.370 e. The number of carbonyl (C=O) groups excluding carboxylic acids is 3. The van der Waals surface area contributed by atoms with Crippen molar-refractivity contribution >= 4 is 68.5 Å². The minimum Gasteiger partial charge on any atom is -0.481 e. The summed E-state index contributed by atoms with van der Waals surface area (Å²) in [6.45, 7) is 0. The number of aliphatic carboxylic acids is 3. The fraction of sp³-hybridized carbons (Fsp3) is 0.474. The van der Waals surface area contributed by atoms with E-state index in [4.69, 9.17) is 25.5 Å². The van der Waals surface area contributed by atoms with Crippen molar-refractivity contribution in [3.05, 3.63) is 11.1 Å². The van der Waals surface area contributed by atoms with Crippen molar-refractivity contribution in [1.82, 2.24) is 9.88 Å². The molecule has 4 heterocycles. The first-order valence-electron chi connectivity index (χ1n) is 10.4. The number of fused-ring (bicyclic) bond motifs is 3. The fourth-order valence-corrected chi connectivity index (χ4v) is 6.98. The van der Waals surface area contributed by atoms with Crippen LogP contribution in [-0.4, -0.2) is 93.6 Å². The van der Waals surface area contributed by atoms with Crippen LogP contribution in [0.25, 0.3) is 0 Å². The Bertz CT molecular complexity index is 1280. The molecular weight excluding hydrogens is 540 g/mol. The summed E-state index contributed by atoms with van der Waals surface area (Å²) in [5, 5.41) is 31.3. The van der Waals surface area contributed by atoms with E-state index >= 15 is 0 Å². The summed E-state index contributed by atoms with van der Waals surface area (Å²) in [5.74, 6) is -10.0. The van der Waals surface area contributed by atoms with Crippen LogP contribution in [0.5, 0.6) is 0 Å². The monoisotopic (exact) mass is 558 g/mol. The molecule has 5 N–H and O–H groups in total. The number of esters is 1. The van der Waals surface area contributed by atoms with Crippen molar-refractivity contribution in [1.29, 1.82) is 0 Å². The number of anilines is 1. The second-order valence-corrected chi connectivity index (χ2v) is 10.8. The van der Waals surface area contributed by atoms with Gasteiger partial charge in [-0.25, -0.2) is 14.6 Å². The molecule has 0 unspecified atom stereocenters. The zero-order valence-electron chi connectivity index (χ0n) is 18.5. The van der Waals surface area contributed by atoms with Crippen molar-refractivity contribution in [2.24, 2.45) is 17.0 Å². The van der Waals surface area contributed by atoms with Crippen LogP contribution in [-0.2, 0) is 49.1 Å². The molecule has 3 aliphatic heterocycles. The van der Waals surface area contributed by atoms with E-state index < -0.39 is 94.0 Å². The molecule has 1 aromatic heterocycles. The van der Waals surface area contributed by atoms with Gasteiger partial charge in [0, 0.05) is 28.4 Å². The number of ether oxygens (including phenoxy) is 1. The standard InChI is InChI=1S/C19H18N4O12S2/c20-18-21-8(4-36-18)13(22-35-10(16(29)30)3-11(25)26)9(24)2-7-14(28)23-15(7)37(33)5-6-1-12(27)34-19(6,23)17(31)32/h4,6-7,10,15H,1-3,5H2,(H2,20,21)(H,25,26)(H,29,30)(H,31,32)/b22-13-/t6-,7+,10-,15+,19+,37-/m0/s1. The van der Waals surface area contributed by atoms with Crippen LogP contribution >= 0.6 is 11.3 Å². The third-order valence-corrected chi connectivity index (χ3v) is 8.51. The third kappa shape index (κ3) is 4.41. The Morgan fingerprint density at radius 2 is 2.03 bits per heavy atom. The summed E-state index contributed by atoms with van der Waals surface area (Å²) >= 11 is 0.902. The van der Waals surface area contributed by atoms with Crippen LogP contribution in [0.15, 0.2) is 10.5 Å². The number of aromatic nitrogens is 1. The highest BCUT2D eigenvalue weighted by Crippen LogP contribution is 2.50. The van der Waals surface area contributed by atoms with Gasteiger partial charge in [0.15, 0.2) is 16.6 Å². The summed E-state index contributed by atoms with van der Waals surface area (Å²) in [5.41, 5.74) is 2.55. The maximum absolute atomic E-state index is 13.2. The van der Waals surface area contributed by atoms with Gasteiger partial charge in [0.25, 0.3) is 5.72 Å². The van der Waals surface area contributed by atoms with Crippen LogP contribution in [0.4, 0.5) is 5.13 Å². The molecule has 198 valence electrons. The number of amides is 1. The lowest BCUT2D eigenvalue weighted by atomic mass is 9.84. The van der Waals surface area contributed by atoms with Gasteiger partial charge in [-0.15, -0.1) is 11.3 Å². The molecule has 0 bridgehead atoms. The van der Waals surface area contributed by atoms with E-state index in [0.29, 0.717) is 0 Å². The number of nitrogen functional groups attached to an aromatic ring is 1. The summed E-state index contributed by atoms with van der Waals surface area (Å²) in [4.78, 5) is 81.7. The normalized spacial score (nSPS) is 29.4. The van der Waals surface area contributed by atoms with Crippen molar-refractivity contribution in [3.63, 3.8) is 0 Å². The van der Waals surface area contributed by atoms with E-state index in [0.717, 1.165) is 16.2 Å². The van der Waals surface area contributed by atoms with Crippen LogP contribution in [0.3, 0.4) is 0 Å². The molecule has 0 aliphatic carbocycles. The summed E-state index contributed by atoms with van der Waals surface area (Å²) < 4.78 is 17.9. The summed E-state index contributed by atoms with van der Waals surface area (Å²) in [6.07, 6.45) is -3.92. The molecule has 0 radical (unpaired) electrons. The Morgan fingerprint density at radius 3 is 2.59 bits per heavy atom. The molecule has 37 heavy (non-hydrogen) atoms. The SMILES string of the molecule is Nc1nc(/C(=N/O[C@@H](CC(=O)O)C(=O)O)C(=O)C[C@@H]2C(=O)N3[C@@H]2[S@@](=O)C[C@@H]2CC(=O)O[C@@]23C(=O)O)cs1. The Labute approximate surface area is 212 Å². The number of β-lactam (4-membered cyclic amide) rings is 1. The Balaban J connectivity index is 1.60. The highest BCUT2D eigenvalue weighted by Gasteiger charge is 2.72. The minimum atomic E-state index is -2.32. The van der Waals surface area contributed by atoms with Crippen LogP contribution in [0.1, 0.15) is 25.0 Å². The minimum absolute atomic E-state index is 0.00703. The highest BCUT2D eigenvalue weighted by atomic mass is 32.2. The van der Waals surface area contributed by atoms with Gasteiger partial charge in [0.05, 0.1) is 24.7 Å². The number of thiazole rings is 1. The van der Waals surface area contributed by atoms with Crippen molar-refractivity contribution < 1.29 is 57.9 Å². The van der Waals surface area contributed by atoms with Crippen LogP contribution < -0.4 is 5.73 Å². The number of hydrogen-bond acceptors (Lipinski definition) is 13. The van der Waals surface area contributed by atoms with E-state index in [2.05, 4.69) is 10.1 Å². The van der Waals surface area contributed by atoms with Crippen molar-refractivity contribution in [3.8, 4) is 0 Å². The lowest BCUT2D eigenvalue weighted by molar-refractivity contribution is -0.220. The molecule has 3 fully saturated rings. The first kappa shape index (κ1) is 26.1. The van der Waals surface area contributed by atoms with E-state index in [1.807, 2.05) is 0 Å². The predicted molar refractivity (Wildman–Crippen MR) is 119 cm³/mol.